The van der Waals surface area contributed by atoms with Crippen LogP contribution in [0.25, 0.3) is 0 Å². The van der Waals surface area contributed by atoms with Gasteiger partial charge in [-0.1, -0.05) is 19.1 Å². The Balaban J connectivity index is 1.86. The highest BCUT2D eigenvalue weighted by molar-refractivity contribution is 5.63. The maximum absolute atomic E-state index is 10.7. The quantitative estimate of drug-likeness (QED) is 0.747. The maximum atomic E-state index is 10.7. The molecule has 2 aliphatic heterocycles. The summed E-state index contributed by atoms with van der Waals surface area (Å²) in [4.78, 5) is 2.47. The van der Waals surface area contributed by atoms with Crippen molar-refractivity contribution in [3.05, 3.63) is 29.3 Å². The van der Waals surface area contributed by atoms with Gasteiger partial charge in [0.1, 0.15) is 0 Å². The Morgan fingerprint density at radius 2 is 2.21 bits per heavy atom. The highest BCUT2D eigenvalue weighted by atomic mass is 16.3. The molecule has 2 heterocycles. The minimum absolute atomic E-state index is 0.200. The van der Waals surface area contributed by atoms with Crippen LogP contribution >= 0.6 is 0 Å². The minimum atomic E-state index is -0.200. The number of benzene rings is 1. The van der Waals surface area contributed by atoms with Crippen LogP contribution in [0.1, 0.15) is 36.3 Å². The van der Waals surface area contributed by atoms with E-state index in [-0.39, 0.29) is 6.10 Å². The first-order chi connectivity index (χ1) is 9.16. The molecular weight excluding hydrogens is 236 g/mol. The van der Waals surface area contributed by atoms with E-state index in [4.69, 9.17) is 0 Å². The first-order valence-electron chi connectivity index (χ1n) is 7.42. The number of piperidine rings is 1. The molecule has 3 heteroatoms. The van der Waals surface area contributed by atoms with Gasteiger partial charge in [-0.2, -0.15) is 0 Å². The molecule has 0 spiro atoms. The lowest BCUT2D eigenvalue weighted by Crippen LogP contribution is -2.54. The Kier molecular flexibility index (Phi) is 2.45. The average Bonchev–Trinajstić information content (AvgIpc) is 2.81. The number of nitrogens with one attached hydrogen (secondary N) is 1. The lowest BCUT2D eigenvalue weighted by Gasteiger charge is -2.49. The molecule has 0 bridgehead atoms. The van der Waals surface area contributed by atoms with Gasteiger partial charge in [-0.15, -0.1) is 0 Å². The standard InChI is InChI=1S/C16H22N2O/c1-9-8-18(2)13-6-10-7-17-12-5-3-4-11(14(10)12)15(13)16(9)19/h3-5,9-10,13,15-17,19H,6-8H2,1-2H3/t9-,10-,13-,15-,16+/m1/s1. The molecule has 0 aromatic heterocycles. The normalized spacial score (nSPS) is 40.5. The number of likely N-dealkylation sites (N-methyl/N-ethyl adjacent to an activating group) is 1. The summed E-state index contributed by atoms with van der Waals surface area (Å²) in [7, 11) is 2.22. The molecule has 19 heavy (non-hydrogen) atoms. The third kappa shape index (κ3) is 1.52. The molecule has 4 rings (SSSR count). The summed E-state index contributed by atoms with van der Waals surface area (Å²) >= 11 is 0. The van der Waals surface area contributed by atoms with E-state index in [0.717, 1.165) is 13.1 Å². The molecule has 3 nitrogen and oxygen atoms in total. The number of nitrogens with zero attached hydrogens (tertiary/aromatic N) is 1. The van der Waals surface area contributed by atoms with E-state index in [1.54, 1.807) is 0 Å². The van der Waals surface area contributed by atoms with Crippen LogP contribution in [0.2, 0.25) is 0 Å². The SMILES string of the molecule is C[C@@H]1CN(C)[C@@H]2C[C@@H]3CNc4cccc(c43)[C@H]2[C@H]1O. The predicted octanol–water partition coefficient (Wildman–Crippen LogP) is 1.99. The maximum Gasteiger partial charge on any atom is 0.0661 e. The number of aliphatic hydroxyl groups excluding tert-OH is 1. The number of hydrogen-bond acceptors (Lipinski definition) is 3. The van der Waals surface area contributed by atoms with Gasteiger partial charge in [-0.3, -0.25) is 0 Å². The Hall–Kier alpha value is -1.06. The first-order valence-corrected chi connectivity index (χ1v) is 7.42. The van der Waals surface area contributed by atoms with E-state index >= 15 is 0 Å². The molecule has 3 aliphatic rings. The fourth-order valence-electron chi connectivity index (χ4n) is 4.58. The van der Waals surface area contributed by atoms with Gasteiger partial charge in [0.25, 0.3) is 0 Å². The Morgan fingerprint density at radius 1 is 1.37 bits per heavy atom. The van der Waals surface area contributed by atoms with Crippen molar-refractivity contribution >= 4 is 5.69 Å². The van der Waals surface area contributed by atoms with Gasteiger partial charge >= 0.3 is 0 Å². The molecular formula is C16H22N2O. The van der Waals surface area contributed by atoms with Crippen LogP contribution in [0, 0.1) is 5.92 Å². The third-order valence-corrected chi connectivity index (χ3v) is 5.48. The van der Waals surface area contributed by atoms with Crippen molar-refractivity contribution in [1.29, 1.82) is 0 Å². The summed E-state index contributed by atoms with van der Waals surface area (Å²) in [6, 6.07) is 7.06. The summed E-state index contributed by atoms with van der Waals surface area (Å²) in [6.07, 6.45) is 0.983. The van der Waals surface area contributed by atoms with Crippen LogP contribution in [0.5, 0.6) is 0 Å². The smallest absolute Gasteiger partial charge is 0.0661 e. The van der Waals surface area contributed by atoms with Crippen LogP contribution in [-0.4, -0.2) is 42.3 Å². The van der Waals surface area contributed by atoms with E-state index in [1.165, 1.54) is 23.2 Å². The fraction of sp³-hybridized carbons (Fsp3) is 0.625. The summed E-state index contributed by atoms with van der Waals surface area (Å²) < 4.78 is 0. The first kappa shape index (κ1) is 11.7. The van der Waals surface area contributed by atoms with Crippen molar-refractivity contribution < 1.29 is 5.11 Å². The molecule has 1 saturated heterocycles. The molecule has 0 saturated carbocycles. The van der Waals surface area contributed by atoms with Crippen LogP contribution in [0.3, 0.4) is 0 Å². The van der Waals surface area contributed by atoms with Gasteiger partial charge < -0.3 is 15.3 Å². The summed E-state index contributed by atoms with van der Waals surface area (Å²) in [5, 5.41) is 14.2. The van der Waals surface area contributed by atoms with E-state index < -0.39 is 0 Å². The lowest BCUT2D eigenvalue weighted by molar-refractivity contribution is -0.0188. The zero-order chi connectivity index (χ0) is 13.1. The molecule has 2 N–H and O–H groups in total. The number of anilines is 1. The Labute approximate surface area is 114 Å². The molecule has 0 amide bonds. The number of fused-ring (bicyclic) bond motifs is 2. The second-order valence-corrected chi connectivity index (χ2v) is 6.62. The van der Waals surface area contributed by atoms with E-state index in [0.29, 0.717) is 23.8 Å². The van der Waals surface area contributed by atoms with Crippen LogP contribution in [0.15, 0.2) is 18.2 Å². The van der Waals surface area contributed by atoms with Gasteiger partial charge in [0, 0.05) is 36.7 Å². The molecule has 0 radical (unpaired) electrons. The van der Waals surface area contributed by atoms with Crippen molar-refractivity contribution in [2.24, 2.45) is 5.92 Å². The fourth-order valence-corrected chi connectivity index (χ4v) is 4.58. The zero-order valence-electron chi connectivity index (χ0n) is 11.6. The van der Waals surface area contributed by atoms with Gasteiger partial charge in [-0.05, 0) is 36.6 Å². The van der Waals surface area contributed by atoms with Crippen LogP contribution < -0.4 is 5.32 Å². The van der Waals surface area contributed by atoms with Crippen molar-refractivity contribution in [2.75, 3.05) is 25.5 Å². The topological polar surface area (TPSA) is 35.5 Å². The van der Waals surface area contributed by atoms with Crippen molar-refractivity contribution in [3.63, 3.8) is 0 Å². The second-order valence-electron chi connectivity index (χ2n) is 6.62. The van der Waals surface area contributed by atoms with Crippen molar-refractivity contribution in [2.45, 2.75) is 37.3 Å². The predicted molar refractivity (Wildman–Crippen MR) is 76.6 cm³/mol. The minimum Gasteiger partial charge on any atom is -0.392 e. The summed E-state index contributed by atoms with van der Waals surface area (Å²) in [5.74, 6) is 1.28. The van der Waals surface area contributed by atoms with Gasteiger partial charge in [0.05, 0.1) is 6.10 Å². The summed E-state index contributed by atoms with van der Waals surface area (Å²) in [6.45, 7) is 4.25. The van der Waals surface area contributed by atoms with E-state index in [1.807, 2.05) is 0 Å². The lowest BCUT2D eigenvalue weighted by atomic mass is 9.67. The van der Waals surface area contributed by atoms with Crippen molar-refractivity contribution in [1.82, 2.24) is 4.90 Å². The number of hydrogen-bond donors (Lipinski definition) is 2. The molecule has 102 valence electrons. The van der Waals surface area contributed by atoms with E-state index in [2.05, 4.69) is 42.4 Å². The van der Waals surface area contributed by atoms with Gasteiger partial charge in [0.15, 0.2) is 0 Å². The Morgan fingerprint density at radius 3 is 3.05 bits per heavy atom. The molecule has 1 aliphatic carbocycles. The monoisotopic (exact) mass is 258 g/mol. The van der Waals surface area contributed by atoms with Gasteiger partial charge in [-0.25, -0.2) is 0 Å². The third-order valence-electron chi connectivity index (χ3n) is 5.48. The highest BCUT2D eigenvalue weighted by Crippen LogP contribution is 2.50. The largest absolute Gasteiger partial charge is 0.392 e. The molecule has 1 fully saturated rings. The number of rotatable bonds is 0. The summed E-state index contributed by atoms with van der Waals surface area (Å²) in [5.41, 5.74) is 4.19. The average molecular weight is 258 g/mol. The highest BCUT2D eigenvalue weighted by Gasteiger charge is 2.47. The second kappa shape index (κ2) is 3.97. The zero-order valence-corrected chi connectivity index (χ0v) is 11.6. The molecule has 1 aromatic rings. The van der Waals surface area contributed by atoms with Crippen LogP contribution in [0.4, 0.5) is 5.69 Å². The van der Waals surface area contributed by atoms with Crippen LogP contribution in [-0.2, 0) is 0 Å². The van der Waals surface area contributed by atoms with Crippen molar-refractivity contribution in [3.8, 4) is 0 Å². The number of aliphatic hydroxyl groups is 1. The molecule has 5 atom stereocenters. The Bertz CT molecular complexity index is 515. The van der Waals surface area contributed by atoms with Gasteiger partial charge in [0.2, 0.25) is 0 Å². The van der Waals surface area contributed by atoms with E-state index in [9.17, 15) is 5.11 Å². The number of likely N-dealkylation sites (tertiary alicyclic amines) is 1. The molecule has 0 unspecified atom stereocenters. The molecule has 1 aromatic carbocycles.